The molecular formula is C10H17N3O2S. The van der Waals surface area contributed by atoms with Crippen molar-refractivity contribution in [2.24, 2.45) is 5.92 Å². The van der Waals surface area contributed by atoms with E-state index in [1.54, 1.807) is 11.2 Å². The van der Waals surface area contributed by atoms with Gasteiger partial charge in [0.25, 0.3) is 0 Å². The van der Waals surface area contributed by atoms with Crippen LogP contribution in [-0.2, 0) is 10.0 Å². The van der Waals surface area contributed by atoms with E-state index in [2.05, 4.69) is 17.1 Å². The maximum Gasteiger partial charge on any atom is 0.246 e. The molecule has 0 aromatic carbocycles. The molecular weight excluding hydrogens is 226 g/mol. The first-order chi connectivity index (χ1) is 7.51. The van der Waals surface area contributed by atoms with E-state index in [0.29, 0.717) is 29.6 Å². The highest BCUT2D eigenvalue weighted by Crippen LogP contribution is 2.24. The summed E-state index contributed by atoms with van der Waals surface area (Å²) in [7, 11) is -3.33. The highest BCUT2D eigenvalue weighted by molar-refractivity contribution is 7.89. The fourth-order valence-corrected chi connectivity index (χ4v) is 3.55. The first-order valence-electron chi connectivity index (χ1n) is 5.52. The molecule has 6 heteroatoms. The predicted molar refractivity (Wildman–Crippen MR) is 60.5 cm³/mol. The van der Waals surface area contributed by atoms with Gasteiger partial charge in [-0.15, -0.1) is 0 Å². The number of sulfonamides is 1. The van der Waals surface area contributed by atoms with E-state index in [9.17, 15) is 8.42 Å². The predicted octanol–water partition coefficient (Wildman–Crippen LogP) is 1.14. The third kappa shape index (κ3) is 1.99. The summed E-state index contributed by atoms with van der Waals surface area (Å²) in [4.78, 5) is 0.307. The highest BCUT2D eigenvalue weighted by atomic mass is 32.2. The molecule has 0 unspecified atom stereocenters. The zero-order valence-electron chi connectivity index (χ0n) is 9.60. The van der Waals surface area contributed by atoms with Gasteiger partial charge in [-0.05, 0) is 25.7 Å². The summed E-state index contributed by atoms with van der Waals surface area (Å²) in [6.45, 7) is 5.13. The van der Waals surface area contributed by atoms with Crippen molar-refractivity contribution in [2.45, 2.75) is 31.6 Å². The van der Waals surface area contributed by atoms with Crippen LogP contribution in [0.25, 0.3) is 0 Å². The standard InChI is InChI=1S/C10H17N3O2S/c1-8-3-5-13(6-4-8)16(14,15)10-7-11-12-9(10)2/h7-8H,3-6H2,1-2H3,(H,11,12). The lowest BCUT2D eigenvalue weighted by Gasteiger charge is -2.29. The summed E-state index contributed by atoms with van der Waals surface area (Å²) in [6.07, 6.45) is 3.27. The smallest absolute Gasteiger partial charge is 0.246 e. The van der Waals surface area contributed by atoms with Crippen LogP contribution in [0.5, 0.6) is 0 Å². The molecule has 1 aliphatic heterocycles. The number of piperidine rings is 1. The number of aryl methyl sites for hydroxylation is 1. The molecule has 1 aromatic rings. The molecule has 90 valence electrons. The van der Waals surface area contributed by atoms with Crippen molar-refractivity contribution < 1.29 is 8.42 Å². The third-order valence-corrected chi connectivity index (χ3v) is 5.16. The normalized spacial score (nSPS) is 20.1. The van der Waals surface area contributed by atoms with Gasteiger partial charge in [0, 0.05) is 13.1 Å². The molecule has 0 radical (unpaired) electrons. The number of nitrogens with zero attached hydrogens (tertiary/aromatic N) is 2. The minimum Gasteiger partial charge on any atom is -0.281 e. The number of aromatic nitrogens is 2. The summed E-state index contributed by atoms with van der Waals surface area (Å²) in [6, 6.07) is 0. The van der Waals surface area contributed by atoms with Crippen molar-refractivity contribution in [1.82, 2.24) is 14.5 Å². The van der Waals surface area contributed by atoms with Crippen molar-refractivity contribution in [3.63, 3.8) is 0 Å². The highest BCUT2D eigenvalue weighted by Gasteiger charge is 2.29. The zero-order chi connectivity index (χ0) is 11.8. The summed E-state index contributed by atoms with van der Waals surface area (Å²) in [5, 5.41) is 6.43. The summed E-state index contributed by atoms with van der Waals surface area (Å²) < 4.78 is 26.0. The number of nitrogens with one attached hydrogen (secondary N) is 1. The largest absolute Gasteiger partial charge is 0.281 e. The lowest BCUT2D eigenvalue weighted by Crippen LogP contribution is -2.37. The average Bonchev–Trinajstić information content (AvgIpc) is 2.66. The van der Waals surface area contributed by atoms with Gasteiger partial charge < -0.3 is 0 Å². The van der Waals surface area contributed by atoms with Crippen molar-refractivity contribution in [2.75, 3.05) is 13.1 Å². The Morgan fingerprint density at radius 2 is 2.06 bits per heavy atom. The van der Waals surface area contributed by atoms with Crippen molar-refractivity contribution in [3.8, 4) is 0 Å². The van der Waals surface area contributed by atoms with Gasteiger partial charge in [0.1, 0.15) is 4.90 Å². The monoisotopic (exact) mass is 243 g/mol. The third-order valence-electron chi connectivity index (χ3n) is 3.14. The van der Waals surface area contributed by atoms with Crippen LogP contribution >= 0.6 is 0 Å². The molecule has 0 bridgehead atoms. The van der Waals surface area contributed by atoms with Crippen LogP contribution in [0.2, 0.25) is 0 Å². The molecule has 1 fully saturated rings. The Morgan fingerprint density at radius 3 is 2.56 bits per heavy atom. The average molecular weight is 243 g/mol. The molecule has 0 atom stereocenters. The van der Waals surface area contributed by atoms with Crippen LogP contribution < -0.4 is 0 Å². The Kier molecular flexibility index (Phi) is 3.03. The van der Waals surface area contributed by atoms with E-state index in [1.165, 1.54) is 6.20 Å². The van der Waals surface area contributed by atoms with E-state index in [1.807, 2.05) is 0 Å². The maximum atomic E-state index is 12.2. The Morgan fingerprint density at radius 1 is 1.44 bits per heavy atom. The topological polar surface area (TPSA) is 66.1 Å². The van der Waals surface area contributed by atoms with E-state index in [0.717, 1.165) is 12.8 Å². The summed E-state index contributed by atoms with van der Waals surface area (Å²) in [5.41, 5.74) is 0.610. The second-order valence-corrected chi connectivity index (χ2v) is 6.35. The van der Waals surface area contributed by atoms with Crippen molar-refractivity contribution >= 4 is 10.0 Å². The molecule has 0 saturated carbocycles. The molecule has 1 aromatic heterocycles. The minimum atomic E-state index is -3.33. The zero-order valence-corrected chi connectivity index (χ0v) is 10.4. The van der Waals surface area contributed by atoms with Gasteiger partial charge in [0.2, 0.25) is 10.0 Å². The van der Waals surface area contributed by atoms with Crippen LogP contribution in [0.3, 0.4) is 0 Å². The molecule has 16 heavy (non-hydrogen) atoms. The Hall–Kier alpha value is -0.880. The molecule has 5 nitrogen and oxygen atoms in total. The first kappa shape index (κ1) is 11.6. The van der Waals surface area contributed by atoms with Crippen LogP contribution in [-0.4, -0.2) is 36.0 Å². The van der Waals surface area contributed by atoms with Crippen LogP contribution in [0, 0.1) is 12.8 Å². The number of hydrogen-bond donors (Lipinski definition) is 1. The van der Waals surface area contributed by atoms with Gasteiger partial charge >= 0.3 is 0 Å². The van der Waals surface area contributed by atoms with Gasteiger partial charge in [0.05, 0.1) is 11.9 Å². The summed E-state index contributed by atoms with van der Waals surface area (Å²) >= 11 is 0. The number of rotatable bonds is 2. The Bertz CT molecular complexity index is 458. The number of aromatic amines is 1. The lowest BCUT2D eigenvalue weighted by molar-refractivity contribution is 0.288. The van der Waals surface area contributed by atoms with E-state index in [-0.39, 0.29) is 0 Å². The number of hydrogen-bond acceptors (Lipinski definition) is 3. The molecule has 0 spiro atoms. The first-order valence-corrected chi connectivity index (χ1v) is 6.96. The van der Waals surface area contributed by atoms with Crippen molar-refractivity contribution in [3.05, 3.63) is 11.9 Å². The molecule has 0 aliphatic carbocycles. The van der Waals surface area contributed by atoms with Gasteiger partial charge in [0.15, 0.2) is 0 Å². The van der Waals surface area contributed by atoms with E-state index < -0.39 is 10.0 Å². The number of H-pyrrole nitrogens is 1. The fraction of sp³-hybridized carbons (Fsp3) is 0.700. The van der Waals surface area contributed by atoms with Crippen molar-refractivity contribution in [1.29, 1.82) is 0 Å². The molecule has 0 amide bonds. The molecule has 1 aliphatic rings. The summed E-state index contributed by atoms with van der Waals surface area (Å²) in [5.74, 6) is 0.622. The maximum absolute atomic E-state index is 12.2. The van der Waals surface area contributed by atoms with Gasteiger partial charge in [-0.1, -0.05) is 6.92 Å². The van der Waals surface area contributed by atoms with Crippen LogP contribution in [0.1, 0.15) is 25.5 Å². The van der Waals surface area contributed by atoms with Gasteiger partial charge in [-0.3, -0.25) is 5.10 Å². The molecule has 2 heterocycles. The molecule has 1 N–H and O–H groups in total. The van der Waals surface area contributed by atoms with Gasteiger partial charge in [-0.2, -0.15) is 9.40 Å². The lowest BCUT2D eigenvalue weighted by atomic mass is 10.0. The Labute approximate surface area is 95.9 Å². The van der Waals surface area contributed by atoms with Crippen LogP contribution in [0.4, 0.5) is 0 Å². The van der Waals surface area contributed by atoms with E-state index in [4.69, 9.17) is 0 Å². The molecule has 2 rings (SSSR count). The second kappa shape index (κ2) is 4.18. The van der Waals surface area contributed by atoms with Gasteiger partial charge in [-0.25, -0.2) is 8.42 Å². The SMILES string of the molecule is Cc1[nH]ncc1S(=O)(=O)N1CCC(C)CC1. The molecule has 1 saturated heterocycles. The van der Waals surface area contributed by atoms with Crippen LogP contribution in [0.15, 0.2) is 11.1 Å². The Balaban J connectivity index is 2.23. The fourth-order valence-electron chi connectivity index (χ4n) is 1.96. The van der Waals surface area contributed by atoms with E-state index >= 15 is 0 Å². The quantitative estimate of drug-likeness (QED) is 0.847. The minimum absolute atomic E-state index is 0.307. The second-order valence-electron chi connectivity index (χ2n) is 4.45.